The Morgan fingerprint density at radius 3 is 2.15 bits per heavy atom. The predicted molar refractivity (Wildman–Crippen MR) is 56.6 cm³/mol. The minimum absolute atomic E-state index is 0.311. The van der Waals surface area contributed by atoms with Crippen molar-refractivity contribution in [3.8, 4) is 0 Å². The van der Waals surface area contributed by atoms with Crippen LogP contribution in [0.25, 0.3) is 0 Å². The molecule has 0 heterocycles. The molecule has 0 saturated heterocycles. The molecule has 0 aromatic carbocycles. The first-order valence-corrected chi connectivity index (χ1v) is 5.39. The molecule has 13 heavy (non-hydrogen) atoms. The molecule has 0 rings (SSSR count). The molecule has 0 aromatic heterocycles. The van der Waals surface area contributed by atoms with Crippen molar-refractivity contribution in [1.29, 1.82) is 0 Å². The summed E-state index contributed by atoms with van der Waals surface area (Å²) in [5, 5.41) is 0. The number of carbonyl (C=O) groups is 1. The molecule has 2 nitrogen and oxygen atoms in total. The fraction of sp³-hybridized carbons (Fsp3) is 0.909. The monoisotopic (exact) mass is 185 g/mol. The summed E-state index contributed by atoms with van der Waals surface area (Å²) in [5.74, 6) is 1.02. The first kappa shape index (κ1) is 12.5. The van der Waals surface area contributed by atoms with Gasteiger partial charge in [-0.05, 0) is 26.2 Å². The van der Waals surface area contributed by atoms with Crippen LogP contribution in [-0.2, 0) is 4.79 Å². The zero-order valence-electron chi connectivity index (χ0n) is 9.47. The summed E-state index contributed by atoms with van der Waals surface area (Å²) in [7, 11) is 0. The molecule has 0 spiro atoms. The van der Waals surface area contributed by atoms with Crippen LogP contribution in [0.2, 0.25) is 0 Å². The van der Waals surface area contributed by atoms with Gasteiger partial charge in [0.1, 0.15) is 0 Å². The molecule has 0 aliphatic carbocycles. The molecule has 0 atom stereocenters. The Balaban J connectivity index is 3.60. The second-order valence-electron chi connectivity index (χ2n) is 3.85. The molecule has 0 aromatic rings. The minimum Gasteiger partial charge on any atom is -0.343 e. The van der Waals surface area contributed by atoms with Gasteiger partial charge in [-0.3, -0.25) is 4.79 Å². The van der Waals surface area contributed by atoms with E-state index in [0.29, 0.717) is 11.8 Å². The fourth-order valence-corrected chi connectivity index (χ4v) is 1.40. The van der Waals surface area contributed by atoms with E-state index in [1.807, 2.05) is 18.7 Å². The van der Waals surface area contributed by atoms with Crippen molar-refractivity contribution in [3.63, 3.8) is 0 Å². The molecular weight excluding hydrogens is 162 g/mol. The second-order valence-corrected chi connectivity index (χ2v) is 3.85. The van der Waals surface area contributed by atoms with Crippen LogP contribution in [-0.4, -0.2) is 23.9 Å². The SMILES string of the molecule is CCN(CC)C(=O)CCCC(C)C. The van der Waals surface area contributed by atoms with E-state index in [1.54, 1.807) is 0 Å². The lowest BCUT2D eigenvalue weighted by atomic mass is 10.1. The molecule has 78 valence electrons. The maximum Gasteiger partial charge on any atom is 0.222 e. The third-order valence-corrected chi connectivity index (χ3v) is 2.29. The maximum absolute atomic E-state index is 11.5. The first-order chi connectivity index (χ1) is 6.11. The van der Waals surface area contributed by atoms with Gasteiger partial charge in [-0.2, -0.15) is 0 Å². The Bertz CT molecular complexity index is 139. The molecule has 0 radical (unpaired) electrons. The highest BCUT2D eigenvalue weighted by Crippen LogP contribution is 2.07. The Kier molecular flexibility index (Phi) is 6.65. The van der Waals surface area contributed by atoms with Crippen LogP contribution in [0.5, 0.6) is 0 Å². The van der Waals surface area contributed by atoms with Crippen LogP contribution < -0.4 is 0 Å². The van der Waals surface area contributed by atoms with Crippen LogP contribution in [0.15, 0.2) is 0 Å². The third-order valence-electron chi connectivity index (χ3n) is 2.29. The lowest BCUT2D eigenvalue weighted by Crippen LogP contribution is -2.30. The van der Waals surface area contributed by atoms with Gasteiger partial charge in [0.25, 0.3) is 0 Å². The zero-order chi connectivity index (χ0) is 10.3. The van der Waals surface area contributed by atoms with E-state index >= 15 is 0 Å². The van der Waals surface area contributed by atoms with E-state index in [2.05, 4.69) is 13.8 Å². The lowest BCUT2D eigenvalue weighted by Gasteiger charge is -2.18. The molecule has 0 aliphatic rings. The Labute approximate surface area is 82.3 Å². The van der Waals surface area contributed by atoms with Crippen LogP contribution in [0.1, 0.15) is 47.0 Å². The van der Waals surface area contributed by atoms with Gasteiger partial charge in [0.15, 0.2) is 0 Å². The largest absolute Gasteiger partial charge is 0.343 e. The Morgan fingerprint density at radius 2 is 1.77 bits per heavy atom. The summed E-state index contributed by atoms with van der Waals surface area (Å²) in [5.41, 5.74) is 0. The molecule has 0 aliphatic heterocycles. The van der Waals surface area contributed by atoms with Crippen molar-refractivity contribution in [2.75, 3.05) is 13.1 Å². The average Bonchev–Trinajstić information content (AvgIpc) is 2.05. The second kappa shape index (κ2) is 6.93. The number of amides is 1. The van der Waals surface area contributed by atoms with E-state index in [9.17, 15) is 4.79 Å². The molecule has 2 heteroatoms. The molecule has 0 unspecified atom stereocenters. The average molecular weight is 185 g/mol. The summed E-state index contributed by atoms with van der Waals surface area (Å²) >= 11 is 0. The van der Waals surface area contributed by atoms with Gasteiger partial charge in [0.2, 0.25) is 5.91 Å². The highest BCUT2D eigenvalue weighted by atomic mass is 16.2. The fourth-order valence-electron chi connectivity index (χ4n) is 1.40. The molecule has 0 fully saturated rings. The summed E-state index contributed by atoms with van der Waals surface area (Å²) < 4.78 is 0. The van der Waals surface area contributed by atoms with Crippen LogP contribution in [0, 0.1) is 5.92 Å². The third kappa shape index (κ3) is 5.67. The van der Waals surface area contributed by atoms with Crippen molar-refractivity contribution in [3.05, 3.63) is 0 Å². The summed E-state index contributed by atoms with van der Waals surface area (Å²) in [6.45, 7) is 10.1. The van der Waals surface area contributed by atoms with Crippen LogP contribution in [0.3, 0.4) is 0 Å². The molecule has 1 amide bonds. The quantitative estimate of drug-likeness (QED) is 0.623. The van der Waals surface area contributed by atoms with Crippen LogP contribution >= 0.6 is 0 Å². The Morgan fingerprint density at radius 1 is 1.23 bits per heavy atom. The van der Waals surface area contributed by atoms with E-state index in [0.717, 1.165) is 32.4 Å². The van der Waals surface area contributed by atoms with E-state index < -0.39 is 0 Å². The molecular formula is C11H23NO. The van der Waals surface area contributed by atoms with Gasteiger partial charge in [0.05, 0.1) is 0 Å². The summed E-state index contributed by atoms with van der Waals surface area (Å²) in [4.78, 5) is 13.4. The van der Waals surface area contributed by atoms with E-state index in [4.69, 9.17) is 0 Å². The summed E-state index contributed by atoms with van der Waals surface area (Å²) in [6, 6.07) is 0. The van der Waals surface area contributed by atoms with Crippen molar-refractivity contribution >= 4 is 5.91 Å². The molecule has 0 N–H and O–H groups in total. The number of rotatable bonds is 6. The normalized spacial score (nSPS) is 10.5. The van der Waals surface area contributed by atoms with Crippen molar-refractivity contribution in [2.24, 2.45) is 5.92 Å². The van der Waals surface area contributed by atoms with Gasteiger partial charge in [-0.25, -0.2) is 0 Å². The number of nitrogens with zero attached hydrogens (tertiary/aromatic N) is 1. The highest BCUT2D eigenvalue weighted by Gasteiger charge is 2.08. The van der Waals surface area contributed by atoms with Crippen molar-refractivity contribution < 1.29 is 4.79 Å². The van der Waals surface area contributed by atoms with Gasteiger partial charge in [-0.1, -0.05) is 20.3 Å². The smallest absolute Gasteiger partial charge is 0.222 e. The Hall–Kier alpha value is -0.530. The minimum atomic E-state index is 0.311. The summed E-state index contributed by atoms with van der Waals surface area (Å²) in [6.07, 6.45) is 2.92. The van der Waals surface area contributed by atoms with Crippen molar-refractivity contribution in [1.82, 2.24) is 4.90 Å². The van der Waals surface area contributed by atoms with Gasteiger partial charge in [0, 0.05) is 19.5 Å². The van der Waals surface area contributed by atoms with E-state index in [-0.39, 0.29) is 0 Å². The first-order valence-electron chi connectivity index (χ1n) is 5.39. The maximum atomic E-state index is 11.5. The molecule has 0 saturated carbocycles. The number of hydrogen-bond donors (Lipinski definition) is 0. The standard InChI is InChI=1S/C11H23NO/c1-5-12(6-2)11(13)9-7-8-10(3)4/h10H,5-9H2,1-4H3. The van der Waals surface area contributed by atoms with Crippen molar-refractivity contribution in [2.45, 2.75) is 47.0 Å². The van der Waals surface area contributed by atoms with Gasteiger partial charge < -0.3 is 4.90 Å². The predicted octanol–water partition coefficient (Wildman–Crippen LogP) is 2.68. The molecule has 0 bridgehead atoms. The number of hydrogen-bond acceptors (Lipinski definition) is 1. The van der Waals surface area contributed by atoms with Crippen LogP contribution in [0.4, 0.5) is 0 Å². The topological polar surface area (TPSA) is 20.3 Å². The van der Waals surface area contributed by atoms with Gasteiger partial charge >= 0.3 is 0 Å². The lowest BCUT2D eigenvalue weighted by molar-refractivity contribution is -0.130. The highest BCUT2D eigenvalue weighted by molar-refractivity contribution is 5.75. The zero-order valence-corrected chi connectivity index (χ0v) is 9.47. The van der Waals surface area contributed by atoms with Gasteiger partial charge in [-0.15, -0.1) is 0 Å². The number of carbonyl (C=O) groups excluding carboxylic acids is 1. The van der Waals surface area contributed by atoms with E-state index in [1.165, 1.54) is 0 Å².